The molecule has 1 atom stereocenters. The van der Waals surface area contributed by atoms with Crippen molar-refractivity contribution in [1.82, 2.24) is 24.5 Å². The highest BCUT2D eigenvalue weighted by molar-refractivity contribution is 5.53. The van der Waals surface area contributed by atoms with Crippen LogP contribution in [0.2, 0.25) is 0 Å². The van der Waals surface area contributed by atoms with Crippen LogP contribution in [0, 0.1) is 0 Å². The number of H-pyrrole nitrogens is 1. The molecule has 5 nitrogen and oxygen atoms in total. The molecule has 3 aromatic rings. The Hall–Kier alpha value is -2.35. The molecule has 0 unspecified atom stereocenters. The van der Waals surface area contributed by atoms with Crippen molar-refractivity contribution in [3.8, 4) is 0 Å². The molecule has 3 aromatic heterocycles. The highest BCUT2D eigenvalue weighted by atomic mass is 19.4. The molecule has 1 fully saturated rings. The van der Waals surface area contributed by atoms with Gasteiger partial charge in [-0.25, -0.2) is 9.50 Å². The molecule has 1 aliphatic heterocycles. The molecule has 0 spiro atoms. The van der Waals surface area contributed by atoms with E-state index in [4.69, 9.17) is 0 Å². The fourth-order valence-corrected chi connectivity index (χ4v) is 3.46. The summed E-state index contributed by atoms with van der Waals surface area (Å²) in [5.41, 5.74) is 1.40. The van der Waals surface area contributed by atoms with Crippen LogP contribution in [0.5, 0.6) is 0 Å². The summed E-state index contributed by atoms with van der Waals surface area (Å²) < 4.78 is 40.1. The zero-order valence-electron chi connectivity index (χ0n) is 13.5. The summed E-state index contributed by atoms with van der Waals surface area (Å²) in [5, 5.41) is 4.34. The third-order valence-corrected chi connectivity index (χ3v) is 4.69. The van der Waals surface area contributed by atoms with E-state index in [0.29, 0.717) is 12.4 Å². The minimum Gasteiger partial charge on any atom is -0.338 e. The average molecular weight is 349 g/mol. The first-order chi connectivity index (χ1) is 12.0. The number of nitrogens with zero attached hydrogens (tertiary/aromatic N) is 4. The number of aromatic amines is 1. The lowest BCUT2D eigenvalue weighted by molar-refractivity contribution is -0.141. The maximum absolute atomic E-state index is 12.8. The minimum atomic E-state index is -4.38. The highest BCUT2D eigenvalue weighted by Gasteiger charge is 2.34. The molecule has 8 heteroatoms. The molecule has 0 aliphatic carbocycles. The third-order valence-electron chi connectivity index (χ3n) is 4.69. The van der Waals surface area contributed by atoms with E-state index in [0.717, 1.165) is 43.2 Å². The molecule has 1 N–H and O–H groups in total. The molecule has 0 radical (unpaired) electrons. The number of likely N-dealkylation sites (tertiary alicyclic amines) is 1. The predicted molar refractivity (Wildman–Crippen MR) is 86.0 cm³/mol. The minimum absolute atomic E-state index is 0.00770. The van der Waals surface area contributed by atoms with Gasteiger partial charge in [0.2, 0.25) is 0 Å². The van der Waals surface area contributed by atoms with Crippen molar-refractivity contribution < 1.29 is 13.2 Å². The molecule has 1 aliphatic rings. The Bertz CT molecular complexity index is 866. The number of halogens is 3. The van der Waals surface area contributed by atoms with Crippen LogP contribution in [0.4, 0.5) is 13.2 Å². The van der Waals surface area contributed by atoms with Crippen molar-refractivity contribution in [2.75, 3.05) is 13.1 Å². The van der Waals surface area contributed by atoms with Gasteiger partial charge in [0.15, 0.2) is 0 Å². The Morgan fingerprint density at radius 2 is 2.12 bits per heavy atom. The molecule has 0 amide bonds. The van der Waals surface area contributed by atoms with Crippen LogP contribution in [-0.2, 0) is 12.7 Å². The monoisotopic (exact) mass is 349 g/mol. The second-order valence-electron chi connectivity index (χ2n) is 6.45. The fourth-order valence-electron chi connectivity index (χ4n) is 3.46. The SMILES string of the molecule is FC(F)(F)c1cnc([C@H]2CCCN(Cc3cnn4ccccc34)C2)[nH]1. The summed E-state index contributed by atoms with van der Waals surface area (Å²) in [6.07, 6.45) is 2.05. The molecule has 0 aromatic carbocycles. The molecule has 25 heavy (non-hydrogen) atoms. The van der Waals surface area contributed by atoms with Crippen LogP contribution in [0.3, 0.4) is 0 Å². The van der Waals surface area contributed by atoms with Crippen LogP contribution in [0.25, 0.3) is 5.52 Å². The lowest BCUT2D eigenvalue weighted by atomic mass is 9.97. The normalized spacial score (nSPS) is 19.6. The molecule has 1 saturated heterocycles. The lowest BCUT2D eigenvalue weighted by Gasteiger charge is -2.31. The summed E-state index contributed by atoms with van der Waals surface area (Å²) in [6, 6.07) is 5.92. The summed E-state index contributed by atoms with van der Waals surface area (Å²) in [7, 11) is 0. The highest BCUT2D eigenvalue weighted by Crippen LogP contribution is 2.31. The molecule has 4 heterocycles. The molecular formula is C17H18F3N5. The molecule has 132 valence electrons. The van der Waals surface area contributed by atoms with E-state index < -0.39 is 11.9 Å². The summed E-state index contributed by atoms with van der Waals surface area (Å²) in [6.45, 7) is 2.35. The first kappa shape index (κ1) is 16.1. The van der Waals surface area contributed by atoms with Gasteiger partial charge in [0.1, 0.15) is 11.5 Å². The topological polar surface area (TPSA) is 49.2 Å². The first-order valence-corrected chi connectivity index (χ1v) is 8.26. The second-order valence-corrected chi connectivity index (χ2v) is 6.45. The molecular weight excluding hydrogens is 331 g/mol. The number of alkyl halides is 3. The Morgan fingerprint density at radius 3 is 2.92 bits per heavy atom. The maximum atomic E-state index is 12.8. The lowest BCUT2D eigenvalue weighted by Crippen LogP contribution is -2.34. The van der Waals surface area contributed by atoms with Crippen LogP contribution < -0.4 is 0 Å². The fraction of sp³-hybridized carbons (Fsp3) is 0.412. The van der Waals surface area contributed by atoms with E-state index in [1.807, 2.05) is 35.1 Å². The van der Waals surface area contributed by atoms with Crippen LogP contribution in [0.15, 0.2) is 36.8 Å². The van der Waals surface area contributed by atoms with E-state index >= 15 is 0 Å². The average Bonchev–Trinajstić information content (AvgIpc) is 3.23. The quantitative estimate of drug-likeness (QED) is 0.788. The van der Waals surface area contributed by atoms with E-state index in [2.05, 4.69) is 20.0 Å². The van der Waals surface area contributed by atoms with Crippen molar-refractivity contribution in [1.29, 1.82) is 0 Å². The number of hydrogen-bond acceptors (Lipinski definition) is 3. The molecule has 4 rings (SSSR count). The first-order valence-electron chi connectivity index (χ1n) is 8.26. The Morgan fingerprint density at radius 1 is 1.24 bits per heavy atom. The van der Waals surface area contributed by atoms with Gasteiger partial charge in [0.05, 0.1) is 17.9 Å². The summed E-state index contributed by atoms with van der Waals surface area (Å²) in [5.74, 6) is 0.420. The van der Waals surface area contributed by atoms with E-state index in [-0.39, 0.29) is 5.92 Å². The number of fused-ring (bicyclic) bond motifs is 1. The van der Waals surface area contributed by atoms with Gasteiger partial charge in [0, 0.05) is 30.8 Å². The number of rotatable bonds is 3. The van der Waals surface area contributed by atoms with Crippen molar-refractivity contribution in [2.45, 2.75) is 31.5 Å². The standard InChI is InChI=1S/C17H18F3N5/c18-17(19,20)15-9-21-16(23-15)12-4-3-6-24(10-12)11-13-8-22-25-7-2-1-5-14(13)25/h1-2,5,7-9,12H,3-4,6,10-11H2,(H,21,23)/t12-/m0/s1. The largest absolute Gasteiger partial charge is 0.432 e. The number of nitrogens with one attached hydrogen (secondary N) is 1. The van der Waals surface area contributed by atoms with Gasteiger partial charge in [-0.1, -0.05) is 6.07 Å². The molecule has 0 saturated carbocycles. The van der Waals surface area contributed by atoms with Crippen molar-refractivity contribution in [3.63, 3.8) is 0 Å². The maximum Gasteiger partial charge on any atom is 0.432 e. The van der Waals surface area contributed by atoms with E-state index in [1.54, 1.807) is 0 Å². The predicted octanol–water partition coefficient (Wildman–Crippen LogP) is 3.46. The van der Waals surface area contributed by atoms with Crippen molar-refractivity contribution >= 4 is 5.52 Å². The zero-order chi connectivity index (χ0) is 17.4. The number of pyridine rings is 1. The Kier molecular flexibility index (Phi) is 3.99. The van der Waals surface area contributed by atoms with Gasteiger partial charge >= 0.3 is 6.18 Å². The van der Waals surface area contributed by atoms with Gasteiger partial charge < -0.3 is 4.98 Å². The zero-order valence-corrected chi connectivity index (χ0v) is 13.5. The Balaban J connectivity index is 1.48. The summed E-state index contributed by atoms with van der Waals surface area (Å²) in [4.78, 5) is 8.68. The number of hydrogen-bond donors (Lipinski definition) is 1. The van der Waals surface area contributed by atoms with Gasteiger partial charge in [-0.2, -0.15) is 18.3 Å². The van der Waals surface area contributed by atoms with E-state index in [9.17, 15) is 13.2 Å². The molecule has 0 bridgehead atoms. The smallest absolute Gasteiger partial charge is 0.338 e. The van der Waals surface area contributed by atoms with Gasteiger partial charge in [0.25, 0.3) is 0 Å². The Labute approximate surface area is 142 Å². The van der Waals surface area contributed by atoms with Crippen molar-refractivity contribution in [3.05, 3.63) is 53.9 Å². The third kappa shape index (κ3) is 3.26. The second kappa shape index (κ2) is 6.18. The number of aromatic nitrogens is 4. The van der Waals surface area contributed by atoms with E-state index in [1.165, 1.54) is 0 Å². The van der Waals surface area contributed by atoms with Crippen molar-refractivity contribution in [2.24, 2.45) is 0 Å². The van der Waals surface area contributed by atoms with Gasteiger partial charge in [-0.05, 0) is 31.5 Å². The van der Waals surface area contributed by atoms with Crippen LogP contribution in [0.1, 0.15) is 35.8 Å². The van der Waals surface area contributed by atoms with Crippen LogP contribution >= 0.6 is 0 Å². The van der Waals surface area contributed by atoms with Gasteiger partial charge in [-0.15, -0.1) is 0 Å². The van der Waals surface area contributed by atoms with Gasteiger partial charge in [-0.3, -0.25) is 4.90 Å². The summed E-state index contributed by atoms with van der Waals surface area (Å²) >= 11 is 0. The number of piperidine rings is 1. The van der Waals surface area contributed by atoms with Crippen LogP contribution in [-0.4, -0.2) is 37.6 Å². The number of imidazole rings is 1.